The SMILES string of the molecule is CNC(CC1C2CC3CC(C2)CC1C3)c1ncccn1. The van der Waals surface area contributed by atoms with Crippen LogP contribution in [0.1, 0.15) is 50.4 Å². The van der Waals surface area contributed by atoms with Crippen LogP contribution in [0, 0.1) is 29.6 Å². The van der Waals surface area contributed by atoms with Crippen molar-refractivity contribution in [3.05, 3.63) is 24.3 Å². The van der Waals surface area contributed by atoms with Crippen LogP contribution in [-0.4, -0.2) is 17.0 Å². The molecule has 0 aliphatic heterocycles. The van der Waals surface area contributed by atoms with Gasteiger partial charge in [0.25, 0.3) is 0 Å². The van der Waals surface area contributed by atoms with Crippen LogP contribution in [0.3, 0.4) is 0 Å². The monoisotopic (exact) mass is 271 g/mol. The Balaban J connectivity index is 1.50. The molecule has 4 fully saturated rings. The fourth-order valence-electron chi connectivity index (χ4n) is 5.54. The summed E-state index contributed by atoms with van der Waals surface area (Å²) >= 11 is 0. The number of nitrogens with one attached hydrogen (secondary N) is 1. The maximum absolute atomic E-state index is 4.46. The lowest BCUT2D eigenvalue weighted by atomic mass is 9.51. The van der Waals surface area contributed by atoms with Gasteiger partial charge in [0.05, 0.1) is 6.04 Å². The van der Waals surface area contributed by atoms with Crippen molar-refractivity contribution in [1.82, 2.24) is 15.3 Å². The maximum Gasteiger partial charge on any atom is 0.145 e. The molecule has 1 atom stereocenters. The average molecular weight is 271 g/mol. The van der Waals surface area contributed by atoms with Gasteiger partial charge in [-0.15, -0.1) is 0 Å². The minimum atomic E-state index is 0.332. The summed E-state index contributed by atoms with van der Waals surface area (Å²) in [6.45, 7) is 0. The third kappa shape index (κ3) is 2.16. The van der Waals surface area contributed by atoms with Gasteiger partial charge >= 0.3 is 0 Å². The molecule has 1 unspecified atom stereocenters. The van der Waals surface area contributed by atoms with Crippen LogP contribution in [0.5, 0.6) is 0 Å². The predicted octanol–water partition coefficient (Wildman–Crippen LogP) is 3.20. The minimum Gasteiger partial charge on any atom is -0.310 e. The van der Waals surface area contributed by atoms with Gasteiger partial charge in [0.15, 0.2) is 0 Å². The lowest BCUT2D eigenvalue weighted by Crippen LogP contribution is -2.46. The molecule has 4 aliphatic carbocycles. The van der Waals surface area contributed by atoms with Crippen LogP contribution in [-0.2, 0) is 0 Å². The molecule has 1 aromatic rings. The third-order valence-electron chi connectivity index (χ3n) is 6.18. The van der Waals surface area contributed by atoms with Crippen molar-refractivity contribution < 1.29 is 0 Å². The fraction of sp³-hybridized carbons (Fsp3) is 0.765. The normalized spacial score (nSPS) is 40.0. The first-order chi connectivity index (χ1) is 9.83. The minimum absolute atomic E-state index is 0.332. The number of rotatable bonds is 4. The van der Waals surface area contributed by atoms with Crippen LogP contribution in [0.4, 0.5) is 0 Å². The number of hydrogen-bond acceptors (Lipinski definition) is 3. The molecule has 5 rings (SSSR count). The molecule has 0 radical (unpaired) electrons. The molecule has 20 heavy (non-hydrogen) atoms. The van der Waals surface area contributed by atoms with Crippen LogP contribution in [0.25, 0.3) is 0 Å². The Hall–Kier alpha value is -0.960. The molecule has 0 saturated heterocycles. The molecule has 1 aromatic heterocycles. The fourth-order valence-corrected chi connectivity index (χ4v) is 5.54. The van der Waals surface area contributed by atoms with Gasteiger partial charge in [-0.2, -0.15) is 0 Å². The van der Waals surface area contributed by atoms with E-state index in [1.165, 1.54) is 38.5 Å². The van der Waals surface area contributed by atoms with Gasteiger partial charge in [0.1, 0.15) is 5.82 Å². The van der Waals surface area contributed by atoms with Crippen molar-refractivity contribution in [1.29, 1.82) is 0 Å². The molecule has 4 aliphatic rings. The average Bonchev–Trinajstić information content (AvgIpc) is 2.47. The van der Waals surface area contributed by atoms with E-state index in [9.17, 15) is 0 Å². The summed E-state index contributed by atoms with van der Waals surface area (Å²) in [6, 6.07) is 2.23. The van der Waals surface area contributed by atoms with E-state index in [2.05, 4.69) is 22.3 Å². The zero-order valence-corrected chi connectivity index (χ0v) is 12.3. The smallest absolute Gasteiger partial charge is 0.145 e. The predicted molar refractivity (Wildman–Crippen MR) is 79.0 cm³/mol. The molecule has 4 saturated carbocycles. The summed E-state index contributed by atoms with van der Waals surface area (Å²) in [4.78, 5) is 8.92. The van der Waals surface area contributed by atoms with Crippen LogP contribution >= 0.6 is 0 Å². The van der Waals surface area contributed by atoms with Gasteiger partial charge in [0.2, 0.25) is 0 Å². The van der Waals surface area contributed by atoms with E-state index >= 15 is 0 Å². The summed E-state index contributed by atoms with van der Waals surface area (Å²) in [7, 11) is 2.05. The van der Waals surface area contributed by atoms with Gasteiger partial charge in [-0.3, -0.25) is 0 Å². The van der Waals surface area contributed by atoms with Gasteiger partial charge in [-0.1, -0.05) is 0 Å². The third-order valence-corrected chi connectivity index (χ3v) is 6.18. The van der Waals surface area contributed by atoms with Crippen molar-refractivity contribution in [2.24, 2.45) is 29.6 Å². The van der Waals surface area contributed by atoms with E-state index in [4.69, 9.17) is 0 Å². The maximum atomic E-state index is 4.46. The van der Waals surface area contributed by atoms with Gasteiger partial charge in [-0.05, 0) is 81.2 Å². The van der Waals surface area contributed by atoms with Crippen molar-refractivity contribution in [3.63, 3.8) is 0 Å². The Morgan fingerprint density at radius 3 is 2.20 bits per heavy atom. The lowest BCUT2D eigenvalue weighted by molar-refractivity contribution is -0.0434. The molecule has 108 valence electrons. The second-order valence-corrected chi connectivity index (χ2v) is 7.28. The van der Waals surface area contributed by atoms with E-state index in [-0.39, 0.29) is 0 Å². The van der Waals surface area contributed by atoms with Crippen LogP contribution < -0.4 is 5.32 Å². The zero-order chi connectivity index (χ0) is 13.5. The molecule has 1 N–H and O–H groups in total. The lowest BCUT2D eigenvalue weighted by Gasteiger charge is -2.55. The summed E-state index contributed by atoms with van der Waals surface area (Å²) in [5, 5.41) is 3.45. The van der Waals surface area contributed by atoms with E-state index in [0.29, 0.717) is 6.04 Å². The first-order valence-electron chi connectivity index (χ1n) is 8.27. The summed E-state index contributed by atoms with van der Waals surface area (Å²) in [6.07, 6.45) is 12.5. The highest BCUT2D eigenvalue weighted by atomic mass is 15.0. The van der Waals surface area contributed by atoms with Crippen molar-refractivity contribution in [3.8, 4) is 0 Å². The van der Waals surface area contributed by atoms with E-state index in [0.717, 1.165) is 35.4 Å². The molecule has 0 spiro atoms. The summed E-state index contributed by atoms with van der Waals surface area (Å²) < 4.78 is 0. The van der Waals surface area contributed by atoms with Crippen LogP contribution in [0.15, 0.2) is 18.5 Å². The molecule has 3 heteroatoms. The van der Waals surface area contributed by atoms with E-state index in [1.54, 1.807) is 0 Å². The Labute approximate surface area is 121 Å². The first kappa shape index (κ1) is 12.8. The highest BCUT2D eigenvalue weighted by molar-refractivity contribution is 5.02. The van der Waals surface area contributed by atoms with Gasteiger partial charge in [0, 0.05) is 12.4 Å². The quantitative estimate of drug-likeness (QED) is 0.914. The Kier molecular flexibility index (Phi) is 3.25. The zero-order valence-electron chi connectivity index (χ0n) is 12.3. The highest BCUT2D eigenvalue weighted by Crippen LogP contribution is 2.58. The summed E-state index contributed by atoms with van der Waals surface area (Å²) in [5.74, 6) is 5.99. The van der Waals surface area contributed by atoms with E-state index < -0.39 is 0 Å². The number of hydrogen-bond donors (Lipinski definition) is 1. The highest BCUT2D eigenvalue weighted by Gasteiger charge is 2.48. The second kappa shape index (κ2) is 5.10. The van der Waals surface area contributed by atoms with Crippen LogP contribution in [0.2, 0.25) is 0 Å². The topological polar surface area (TPSA) is 37.8 Å². The molecule has 4 bridgehead atoms. The largest absolute Gasteiger partial charge is 0.310 e. The molecular weight excluding hydrogens is 246 g/mol. The van der Waals surface area contributed by atoms with Gasteiger partial charge < -0.3 is 5.32 Å². The molecule has 0 aromatic carbocycles. The van der Waals surface area contributed by atoms with Gasteiger partial charge in [-0.25, -0.2) is 9.97 Å². The molecule has 0 amide bonds. The Morgan fingerprint density at radius 2 is 1.65 bits per heavy atom. The number of nitrogens with zero attached hydrogens (tertiary/aromatic N) is 2. The molecule has 1 heterocycles. The Morgan fingerprint density at radius 1 is 1.05 bits per heavy atom. The standard InChI is InChI=1S/C17H25N3/c1-18-16(17-19-3-2-4-20-17)10-15-13-6-11-5-12(8-13)9-14(15)7-11/h2-4,11-16,18H,5-10H2,1H3. The van der Waals surface area contributed by atoms with Crippen molar-refractivity contribution >= 4 is 0 Å². The second-order valence-electron chi connectivity index (χ2n) is 7.28. The summed E-state index contributed by atoms with van der Waals surface area (Å²) in [5.41, 5.74) is 0. The molecule has 3 nitrogen and oxygen atoms in total. The first-order valence-corrected chi connectivity index (χ1v) is 8.27. The van der Waals surface area contributed by atoms with E-state index in [1.807, 2.05) is 18.5 Å². The number of aromatic nitrogens is 2. The Bertz CT molecular complexity index is 431. The molecular formula is C17H25N3. The van der Waals surface area contributed by atoms with Crippen molar-refractivity contribution in [2.45, 2.75) is 44.6 Å². The van der Waals surface area contributed by atoms with Crippen molar-refractivity contribution in [2.75, 3.05) is 7.05 Å².